The van der Waals surface area contributed by atoms with Gasteiger partial charge < -0.3 is 14.6 Å². The van der Waals surface area contributed by atoms with Crippen LogP contribution in [0.15, 0.2) is 52.2 Å². The summed E-state index contributed by atoms with van der Waals surface area (Å²) in [5.41, 5.74) is 4.05. The Morgan fingerprint density at radius 1 is 1.17 bits per heavy atom. The number of carbonyl (C=O) groups is 2. The average Bonchev–Trinajstić information content (AvgIpc) is 3.06. The fourth-order valence-electron chi connectivity index (χ4n) is 1.74. The van der Waals surface area contributed by atoms with Crippen molar-refractivity contribution in [2.45, 2.75) is 6.54 Å². The first-order valence-electron chi connectivity index (χ1n) is 6.97. The van der Waals surface area contributed by atoms with Gasteiger partial charge in [-0.3, -0.25) is 9.59 Å². The van der Waals surface area contributed by atoms with Gasteiger partial charge in [-0.2, -0.15) is 5.10 Å². The highest BCUT2D eigenvalue weighted by atomic mass is 16.3. The molecule has 1 aromatic heterocycles. The van der Waals surface area contributed by atoms with Gasteiger partial charge in [0.15, 0.2) is 0 Å². The monoisotopic (exact) mass is 314 g/mol. The standard InChI is InChI=1S/C16H18N4O3/c1-20(2)13-7-5-12(6-8-13)10-18-19-16(22)15(21)17-11-14-4-3-9-23-14/h3-10H,11H2,1-2H3,(H,17,21)(H,19,22). The molecule has 0 aliphatic heterocycles. The van der Waals surface area contributed by atoms with Crippen LogP contribution in [0.5, 0.6) is 0 Å². The van der Waals surface area contributed by atoms with E-state index >= 15 is 0 Å². The third kappa shape index (κ3) is 4.99. The molecule has 0 unspecified atom stereocenters. The highest BCUT2D eigenvalue weighted by Crippen LogP contribution is 2.10. The van der Waals surface area contributed by atoms with Crippen LogP contribution >= 0.6 is 0 Å². The van der Waals surface area contributed by atoms with Crippen LogP contribution in [0.25, 0.3) is 0 Å². The zero-order valence-electron chi connectivity index (χ0n) is 12.9. The summed E-state index contributed by atoms with van der Waals surface area (Å²) in [6.07, 6.45) is 2.96. The highest BCUT2D eigenvalue weighted by Gasteiger charge is 2.12. The Morgan fingerprint density at radius 2 is 1.91 bits per heavy atom. The number of nitrogens with one attached hydrogen (secondary N) is 2. The molecule has 120 valence electrons. The minimum atomic E-state index is -0.835. The molecule has 2 N–H and O–H groups in total. The average molecular weight is 314 g/mol. The van der Waals surface area contributed by atoms with Gasteiger partial charge in [0, 0.05) is 19.8 Å². The maximum absolute atomic E-state index is 11.6. The fourth-order valence-corrected chi connectivity index (χ4v) is 1.74. The molecule has 7 nitrogen and oxygen atoms in total. The van der Waals surface area contributed by atoms with Crippen molar-refractivity contribution in [1.29, 1.82) is 0 Å². The summed E-state index contributed by atoms with van der Waals surface area (Å²) in [7, 11) is 3.90. The van der Waals surface area contributed by atoms with E-state index in [4.69, 9.17) is 4.42 Å². The fraction of sp³-hybridized carbons (Fsp3) is 0.188. The summed E-state index contributed by atoms with van der Waals surface area (Å²) in [5.74, 6) is -1.05. The van der Waals surface area contributed by atoms with Crippen molar-refractivity contribution in [3.8, 4) is 0 Å². The molecule has 2 amide bonds. The van der Waals surface area contributed by atoms with Crippen molar-refractivity contribution in [2.75, 3.05) is 19.0 Å². The molecule has 1 aromatic carbocycles. The summed E-state index contributed by atoms with van der Waals surface area (Å²) in [5, 5.41) is 6.19. The molecule has 0 fully saturated rings. The van der Waals surface area contributed by atoms with Gasteiger partial charge in [0.05, 0.1) is 19.0 Å². The summed E-state index contributed by atoms with van der Waals surface area (Å²) < 4.78 is 5.05. The van der Waals surface area contributed by atoms with Crippen LogP contribution in [0.4, 0.5) is 5.69 Å². The van der Waals surface area contributed by atoms with Gasteiger partial charge in [0.1, 0.15) is 5.76 Å². The lowest BCUT2D eigenvalue weighted by Crippen LogP contribution is -2.37. The second-order valence-electron chi connectivity index (χ2n) is 4.95. The molecule has 0 bridgehead atoms. The first kappa shape index (κ1) is 16.3. The number of hydrazone groups is 1. The molecule has 23 heavy (non-hydrogen) atoms. The van der Waals surface area contributed by atoms with Gasteiger partial charge in [0.25, 0.3) is 0 Å². The maximum atomic E-state index is 11.6. The van der Waals surface area contributed by atoms with Crippen molar-refractivity contribution >= 4 is 23.7 Å². The van der Waals surface area contributed by atoms with E-state index in [9.17, 15) is 9.59 Å². The molecule has 0 radical (unpaired) electrons. The second kappa shape index (κ2) is 7.79. The van der Waals surface area contributed by atoms with E-state index in [1.54, 1.807) is 12.1 Å². The van der Waals surface area contributed by atoms with Crippen molar-refractivity contribution in [1.82, 2.24) is 10.7 Å². The summed E-state index contributed by atoms with van der Waals surface area (Å²) in [4.78, 5) is 25.1. The van der Waals surface area contributed by atoms with E-state index < -0.39 is 11.8 Å². The van der Waals surface area contributed by atoms with E-state index in [0.717, 1.165) is 11.3 Å². The summed E-state index contributed by atoms with van der Waals surface area (Å²) >= 11 is 0. The van der Waals surface area contributed by atoms with Gasteiger partial charge in [0.2, 0.25) is 0 Å². The largest absolute Gasteiger partial charge is 0.467 e. The van der Waals surface area contributed by atoms with Gasteiger partial charge in [-0.25, -0.2) is 5.43 Å². The van der Waals surface area contributed by atoms with Crippen molar-refractivity contribution in [3.05, 3.63) is 54.0 Å². The number of hydrogen-bond donors (Lipinski definition) is 2. The second-order valence-corrected chi connectivity index (χ2v) is 4.95. The summed E-state index contributed by atoms with van der Waals surface area (Å²) in [6.45, 7) is 0.148. The SMILES string of the molecule is CN(C)c1ccc(C=NNC(=O)C(=O)NCc2ccco2)cc1. The molecule has 2 aromatic rings. The van der Waals surface area contributed by atoms with Crippen LogP contribution < -0.4 is 15.6 Å². The minimum absolute atomic E-state index is 0.148. The summed E-state index contributed by atoms with van der Waals surface area (Å²) in [6, 6.07) is 11.0. The van der Waals surface area contributed by atoms with Crippen molar-refractivity contribution in [3.63, 3.8) is 0 Å². The van der Waals surface area contributed by atoms with Gasteiger partial charge >= 0.3 is 11.8 Å². The molecule has 1 heterocycles. The lowest BCUT2D eigenvalue weighted by Gasteiger charge is -2.11. The Labute approximate surface area is 134 Å². The topological polar surface area (TPSA) is 86.9 Å². The lowest BCUT2D eigenvalue weighted by atomic mass is 10.2. The molecule has 0 atom stereocenters. The van der Waals surface area contributed by atoms with E-state index in [-0.39, 0.29) is 6.54 Å². The Kier molecular flexibility index (Phi) is 5.51. The van der Waals surface area contributed by atoms with E-state index in [1.165, 1.54) is 12.5 Å². The lowest BCUT2D eigenvalue weighted by molar-refractivity contribution is -0.139. The zero-order valence-corrected chi connectivity index (χ0v) is 12.9. The Hall–Kier alpha value is -3.09. The Bertz CT molecular complexity index is 676. The van der Waals surface area contributed by atoms with Crippen LogP contribution in [-0.2, 0) is 16.1 Å². The van der Waals surface area contributed by atoms with Gasteiger partial charge in [-0.05, 0) is 29.8 Å². The number of carbonyl (C=O) groups excluding carboxylic acids is 2. The number of furan rings is 1. The quantitative estimate of drug-likeness (QED) is 0.492. The molecule has 7 heteroatoms. The number of anilines is 1. The number of rotatable bonds is 5. The van der Waals surface area contributed by atoms with Crippen LogP contribution in [0, 0.1) is 0 Å². The zero-order chi connectivity index (χ0) is 16.7. The molecular formula is C16H18N4O3. The molecule has 0 saturated heterocycles. The molecule has 0 spiro atoms. The number of benzene rings is 1. The van der Waals surface area contributed by atoms with Crippen LogP contribution in [0.2, 0.25) is 0 Å². The van der Waals surface area contributed by atoms with E-state index in [2.05, 4.69) is 15.8 Å². The number of amides is 2. The Morgan fingerprint density at radius 3 is 2.52 bits per heavy atom. The molecular weight excluding hydrogens is 296 g/mol. The predicted octanol–water partition coefficient (Wildman–Crippen LogP) is 1.11. The highest BCUT2D eigenvalue weighted by molar-refractivity contribution is 6.35. The minimum Gasteiger partial charge on any atom is -0.467 e. The molecule has 0 saturated carbocycles. The van der Waals surface area contributed by atoms with E-state index in [0.29, 0.717) is 5.76 Å². The first-order valence-corrected chi connectivity index (χ1v) is 6.97. The Balaban J connectivity index is 1.79. The predicted molar refractivity (Wildman–Crippen MR) is 87.1 cm³/mol. The number of hydrogen-bond acceptors (Lipinski definition) is 5. The van der Waals surface area contributed by atoms with Crippen LogP contribution in [-0.4, -0.2) is 32.1 Å². The van der Waals surface area contributed by atoms with Crippen LogP contribution in [0.3, 0.4) is 0 Å². The van der Waals surface area contributed by atoms with E-state index in [1.807, 2.05) is 43.3 Å². The molecule has 0 aliphatic carbocycles. The molecule has 0 aliphatic rings. The van der Waals surface area contributed by atoms with Crippen molar-refractivity contribution < 1.29 is 14.0 Å². The third-order valence-electron chi connectivity index (χ3n) is 3.00. The van der Waals surface area contributed by atoms with Gasteiger partial charge in [-0.15, -0.1) is 0 Å². The van der Waals surface area contributed by atoms with Crippen LogP contribution in [0.1, 0.15) is 11.3 Å². The molecule has 2 rings (SSSR count). The van der Waals surface area contributed by atoms with Crippen molar-refractivity contribution in [2.24, 2.45) is 5.10 Å². The maximum Gasteiger partial charge on any atom is 0.329 e. The smallest absolute Gasteiger partial charge is 0.329 e. The number of nitrogens with zero attached hydrogens (tertiary/aromatic N) is 2. The first-order chi connectivity index (χ1) is 11.1. The van der Waals surface area contributed by atoms with Gasteiger partial charge in [-0.1, -0.05) is 12.1 Å². The normalized spacial score (nSPS) is 10.5. The third-order valence-corrected chi connectivity index (χ3v) is 3.00.